The highest BCUT2D eigenvalue weighted by atomic mass is 32.2. The number of benzene rings is 2. The van der Waals surface area contributed by atoms with Crippen molar-refractivity contribution in [3.8, 4) is 0 Å². The molecule has 2 aromatic carbocycles. The number of rotatable bonds is 5. The van der Waals surface area contributed by atoms with Crippen LogP contribution in [0.4, 0.5) is 10.1 Å². The summed E-state index contributed by atoms with van der Waals surface area (Å²) in [7, 11) is -3.68. The van der Waals surface area contributed by atoms with Crippen molar-refractivity contribution in [2.75, 3.05) is 18.0 Å². The van der Waals surface area contributed by atoms with Crippen molar-refractivity contribution in [2.45, 2.75) is 37.1 Å². The smallest absolute Gasteiger partial charge is 0.241 e. The summed E-state index contributed by atoms with van der Waals surface area (Å²) in [5.41, 5.74) is 2.07. The topological polar surface area (TPSA) is 49.4 Å². The molecule has 134 valence electrons. The third-order valence-electron chi connectivity index (χ3n) is 4.57. The largest absolute Gasteiger partial charge is 0.372 e. The van der Waals surface area contributed by atoms with E-state index < -0.39 is 15.8 Å². The highest BCUT2D eigenvalue weighted by molar-refractivity contribution is 7.89. The van der Waals surface area contributed by atoms with Gasteiger partial charge in [0.2, 0.25) is 10.0 Å². The molecule has 1 unspecified atom stereocenters. The molecule has 25 heavy (non-hydrogen) atoms. The number of hydrogen-bond donors (Lipinski definition) is 1. The first-order chi connectivity index (χ1) is 12.0. The quantitative estimate of drug-likeness (QED) is 0.879. The number of halogens is 1. The fourth-order valence-electron chi connectivity index (χ4n) is 3.11. The average molecular weight is 362 g/mol. The summed E-state index contributed by atoms with van der Waals surface area (Å²) in [6.07, 6.45) is 3.72. The Balaban J connectivity index is 1.70. The van der Waals surface area contributed by atoms with E-state index in [0.717, 1.165) is 30.8 Å². The second-order valence-electron chi connectivity index (χ2n) is 6.44. The minimum atomic E-state index is -3.68. The summed E-state index contributed by atoms with van der Waals surface area (Å²) in [6.45, 7) is 3.95. The van der Waals surface area contributed by atoms with Crippen LogP contribution in [-0.2, 0) is 10.0 Å². The van der Waals surface area contributed by atoms with Gasteiger partial charge in [-0.2, -0.15) is 0 Å². The number of piperidine rings is 1. The standard InChI is InChI=1S/C19H23FN2O2S/c1-15(21-25(23,24)19-11-7-17(20)8-12-19)16-5-9-18(10-6-16)22-13-3-2-4-14-22/h5-12,15,21H,2-4,13-14H2,1H3. The Kier molecular flexibility index (Phi) is 5.39. The maximum absolute atomic E-state index is 13.0. The van der Waals surface area contributed by atoms with Gasteiger partial charge >= 0.3 is 0 Å². The monoisotopic (exact) mass is 362 g/mol. The van der Waals surface area contributed by atoms with Gasteiger partial charge in [-0.1, -0.05) is 12.1 Å². The number of nitrogens with zero attached hydrogens (tertiary/aromatic N) is 1. The number of anilines is 1. The molecule has 0 aliphatic carbocycles. The first-order valence-corrected chi connectivity index (χ1v) is 10.1. The summed E-state index contributed by atoms with van der Waals surface area (Å²) in [6, 6.07) is 12.5. The zero-order valence-corrected chi connectivity index (χ0v) is 15.1. The molecule has 1 saturated heterocycles. The van der Waals surface area contributed by atoms with Crippen molar-refractivity contribution in [3.05, 3.63) is 59.9 Å². The van der Waals surface area contributed by atoms with E-state index in [2.05, 4.69) is 9.62 Å². The van der Waals surface area contributed by atoms with Crippen LogP contribution in [-0.4, -0.2) is 21.5 Å². The highest BCUT2D eigenvalue weighted by Gasteiger charge is 2.19. The second-order valence-corrected chi connectivity index (χ2v) is 8.15. The molecule has 1 fully saturated rings. The zero-order chi connectivity index (χ0) is 17.9. The molecular formula is C19H23FN2O2S. The molecule has 0 bridgehead atoms. The predicted molar refractivity (Wildman–Crippen MR) is 97.6 cm³/mol. The Labute approximate surface area is 148 Å². The first-order valence-electron chi connectivity index (χ1n) is 8.58. The minimum Gasteiger partial charge on any atom is -0.372 e. The van der Waals surface area contributed by atoms with E-state index in [-0.39, 0.29) is 10.9 Å². The SMILES string of the molecule is CC(NS(=O)(=O)c1ccc(F)cc1)c1ccc(N2CCCCC2)cc1. The molecule has 1 heterocycles. The molecule has 0 radical (unpaired) electrons. The van der Waals surface area contributed by atoms with Gasteiger partial charge in [-0.05, 0) is 68.1 Å². The fourth-order valence-corrected chi connectivity index (χ4v) is 4.34. The van der Waals surface area contributed by atoms with E-state index in [0.29, 0.717) is 0 Å². The molecular weight excluding hydrogens is 339 g/mol. The van der Waals surface area contributed by atoms with Gasteiger partial charge in [0.05, 0.1) is 4.90 Å². The summed E-state index contributed by atoms with van der Waals surface area (Å²) in [4.78, 5) is 2.42. The molecule has 0 aromatic heterocycles. The Morgan fingerprint density at radius 1 is 0.960 bits per heavy atom. The maximum atomic E-state index is 13.0. The Morgan fingerprint density at radius 2 is 1.56 bits per heavy atom. The van der Waals surface area contributed by atoms with E-state index >= 15 is 0 Å². The predicted octanol–water partition coefficient (Wildman–Crippen LogP) is 3.86. The molecule has 0 amide bonds. The summed E-state index contributed by atoms with van der Waals surface area (Å²) >= 11 is 0. The summed E-state index contributed by atoms with van der Waals surface area (Å²) < 4.78 is 40.4. The first kappa shape index (κ1) is 17.9. The number of nitrogens with one attached hydrogen (secondary N) is 1. The van der Waals surface area contributed by atoms with E-state index in [1.54, 1.807) is 6.92 Å². The van der Waals surface area contributed by atoms with Gasteiger partial charge in [0.25, 0.3) is 0 Å². The third kappa shape index (κ3) is 4.38. The molecule has 6 heteroatoms. The molecule has 1 aliphatic heterocycles. The minimum absolute atomic E-state index is 0.0608. The van der Waals surface area contributed by atoms with Crippen molar-refractivity contribution in [3.63, 3.8) is 0 Å². The maximum Gasteiger partial charge on any atom is 0.241 e. The lowest BCUT2D eigenvalue weighted by Crippen LogP contribution is -2.29. The van der Waals surface area contributed by atoms with E-state index in [4.69, 9.17) is 0 Å². The van der Waals surface area contributed by atoms with Crippen molar-refractivity contribution in [2.24, 2.45) is 0 Å². The third-order valence-corrected chi connectivity index (χ3v) is 6.13. The number of hydrogen-bond acceptors (Lipinski definition) is 3. The van der Waals surface area contributed by atoms with Crippen LogP contribution >= 0.6 is 0 Å². The van der Waals surface area contributed by atoms with Crippen molar-refractivity contribution in [1.82, 2.24) is 4.72 Å². The lowest BCUT2D eigenvalue weighted by atomic mass is 10.1. The van der Waals surface area contributed by atoms with Crippen molar-refractivity contribution >= 4 is 15.7 Å². The molecule has 0 saturated carbocycles. The van der Waals surface area contributed by atoms with Crippen molar-refractivity contribution in [1.29, 1.82) is 0 Å². The summed E-state index contributed by atoms with van der Waals surface area (Å²) in [5, 5.41) is 0. The van der Waals surface area contributed by atoms with E-state index in [9.17, 15) is 12.8 Å². The summed E-state index contributed by atoms with van der Waals surface area (Å²) in [5.74, 6) is -0.458. The lowest BCUT2D eigenvalue weighted by Gasteiger charge is -2.29. The van der Waals surface area contributed by atoms with Crippen LogP contribution in [0, 0.1) is 5.82 Å². The average Bonchev–Trinajstić information content (AvgIpc) is 2.62. The van der Waals surface area contributed by atoms with Gasteiger partial charge in [-0.25, -0.2) is 17.5 Å². The Hall–Kier alpha value is -1.92. The van der Waals surface area contributed by atoms with Gasteiger partial charge < -0.3 is 4.90 Å². The zero-order valence-electron chi connectivity index (χ0n) is 14.3. The van der Waals surface area contributed by atoms with Gasteiger partial charge in [0.15, 0.2) is 0 Å². The van der Waals surface area contributed by atoms with Gasteiger partial charge in [0.1, 0.15) is 5.82 Å². The highest BCUT2D eigenvalue weighted by Crippen LogP contribution is 2.23. The molecule has 1 aliphatic rings. The van der Waals surface area contributed by atoms with Crippen LogP contribution in [0.25, 0.3) is 0 Å². The van der Waals surface area contributed by atoms with Crippen molar-refractivity contribution < 1.29 is 12.8 Å². The van der Waals surface area contributed by atoms with Crippen LogP contribution in [0.5, 0.6) is 0 Å². The van der Waals surface area contributed by atoms with Gasteiger partial charge in [-0.3, -0.25) is 0 Å². The number of sulfonamides is 1. The molecule has 3 rings (SSSR count). The second kappa shape index (κ2) is 7.54. The Morgan fingerprint density at radius 3 is 2.16 bits per heavy atom. The fraction of sp³-hybridized carbons (Fsp3) is 0.368. The van der Waals surface area contributed by atoms with Crippen LogP contribution < -0.4 is 9.62 Å². The Bertz CT molecular complexity index is 798. The molecule has 1 N–H and O–H groups in total. The van der Waals surface area contributed by atoms with Gasteiger partial charge in [0, 0.05) is 24.8 Å². The molecule has 2 aromatic rings. The van der Waals surface area contributed by atoms with Crippen LogP contribution in [0.1, 0.15) is 37.8 Å². The molecule has 0 spiro atoms. The van der Waals surface area contributed by atoms with Crippen LogP contribution in [0.15, 0.2) is 53.4 Å². The van der Waals surface area contributed by atoms with Gasteiger partial charge in [-0.15, -0.1) is 0 Å². The van der Waals surface area contributed by atoms with Crippen LogP contribution in [0.2, 0.25) is 0 Å². The lowest BCUT2D eigenvalue weighted by molar-refractivity contribution is 0.566. The van der Waals surface area contributed by atoms with E-state index in [1.165, 1.54) is 37.1 Å². The normalized spacial score (nSPS) is 16.6. The molecule has 1 atom stereocenters. The molecule has 4 nitrogen and oxygen atoms in total. The van der Waals surface area contributed by atoms with Crippen LogP contribution in [0.3, 0.4) is 0 Å². The van der Waals surface area contributed by atoms with E-state index in [1.807, 2.05) is 24.3 Å².